The maximum absolute atomic E-state index is 12.8. The second-order valence-corrected chi connectivity index (χ2v) is 11.4. The number of fused-ring (bicyclic) bond motifs is 3. The van der Waals surface area contributed by atoms with Gasteiger partial charge in [-0.15, -0.1) is 0 Å². The molecule has 0 spiro atoms. The van der Waals surface area contributed by atoms with Crippen LogP contribution in [0, 0.1) is 6.92 Å². The molecule has 1 aliphatic rings. The zero-order valence-electron chi connectivity index (χ0n) is 26.1. The number of nitrogens with zero attached hydrogens (tertiary/aromatic N) is 6. The first kappa shape index (κ1) is 29.9. The van der Waals surface area contributed by atoms with E-state index in [9.17, 15) is 4.79 Å². The van der Waals surface area contributed by atoms with Crippen LogP contribution in [-0.2, 0) is 11.8 Å². The molecule has 2 N–H and O–H groups in total. The molecule has 45 heavy (non-hydrogen) atoms. The van der Waals surface area contributed by atoms with Gasteiger partial charge in [-0.05, 0) is 69.4 Å². The fourth-order valence-electron chi connectivity index (χ4n) is 5.29. The van der Waals surface area contributed by atoms with E-state index in [4.69, 9.17) is 9.47 Å². The van der Waals surface area contributed by atoms with Crippen LogP contribution in [-0.4, -0.2) is 82.1 Å². The van der Waals surface area contributed by atoms with Gasteiger partial charge in [0.1, 0.15) is 29.4 Å². The molecule has 5 aromatic rings. The van der Waals surface area contributed by atoms with E-state index in [2.05, 4.69) is 25.6 Å². The molecule has 1 amide bonds. The Balaban J connectivity index is 1.18. The average molecular weight is 607 g/mol. The predicted molar refractivity (Wildman–Crippen MR) is 178 cm³/mol. The lowest BCUT2D eigenvalue weighted by atomic mass is 10.1. The fourth-order valence-corrected chi connectivity index (χ4v) is 5.29. The van der Waals surface area contributed by atoms with Gasteiger partial charge in [-0.3, -0.25) is 4.79 Å². The minimum atomic E-state index is 0.0128. The summed E-state index contributed by atoms with van der Waals surface area (Å²) in [6.07, 6.45) is 7.63. The molecule has 0 fully saturated rings. The van der Waals surface area contributed by atoms with E-state index >= 15 is 0 Å². The van der Waals surface area contributed by atoms with Crippen LogP contribution in [0.3, 0.4) is 0 Å². The van der Waals surface area contributed by atoms with Gasteiger partial charge in [0.2, 0.25) is 5.91 Å². The van der Waals surface area contributed by atoms with Crippen LogP contribution in [0.15, 0.2) is 73.3 Å². The highest BCUT2D eigenvalue weighted by Crippen LogP contribution is 2.35. The van der Waals surface area contributed by atoms with Crippen molar-refractivity contribution in [1.82, 2.24) is 29.3 Å². The van der Waals surface area contributed by atoms with E-state index in [1.807, 2.05) is 97.0 Å². The molecule has 3 heterocycles. The average Bonchev–Trinajstić information content (AvgIpc) is 3.39. The number of nitrogens with one attached hydrogen (secondary N) is 2. The number of ether oxygens (including phenoxy) is 2. The number of anilines is 3. The van der Waals surface area contributed by atoms with Crippen molar-refractivity contribution in [2.45, 2.75) is 13.3 Å². The normalized spacial score (nSPS) is 13.9. The number of hydrogen-bond acceptors (Lipinski definition) is 9. The number of likely N-dealkylation sites (N-methyl/N-ethyl adjacent to an activating group) is 1. The number of carbonyl (C=O) groups excluding carboxylic acids is 1. The monoisotopic (exact) mass is 606 g/mol. The lowest BCUT2D eigenvalue weighted by Gasteiger charge is -2.24. The number of carbonyl (C=O) groups is 1. The van der Waals surface area contributed by atoms with Crippen LogP contribution in [0.1, 0.15) is 12.0 Å². The van der Waals surface area contributed by atoms with Crippen molar-refractivity contribution in [3.8, 4) is 17.2 Å². The summed E-state index contributed by atoms with van der Waals surface area (Å²) in [7, 11) is 5.93. The molecule has 0 radical (unpaired) electrons. The molecule has 0 saturated carbocycles. The molecule has 2 aromatic heterocycles. The molecule has 0 atom stereocenters. The molecule has 1 aliphatic heterocycles. The number of aryl methyl sites for hydroxylation is 2. The summed E-state index contributed by atoms with van der Waals surface area (Å²) in [6.45, 7) is 5.03. The van der Waals surface area contributed by atoms with Gasteiger partial charge in [0.25, 0.3) is 0 Å². The van der Waals surface area contributed by atoms with Gasteiger partial charge >= 0.3 is 0 Å². The Kier molecular flexibility index (Phi) is 8.79. The predicted octanol–water partition coefficient (Wildman–Crippen LogP) is 5.50. The SMILES string of the molecule is Cc1cc(Nc2ncnc3cc4c(cc23)NCCN(C(=O)/C=C/CN(C)C)CCCO4)ccc1Oc1ccc2c(c1)ncn2C. The highest BCUT2D eigenvalue weighted by molar-refractivity contribution is 5.95. The zero-order chi connectivity index (χ0) is 31.3. The summed E-state index contributed by atoms with van der Waals surface area (Å²) in [5, 5.41) is 7.78. The van der Waals surface area contributed by atoms with Gasteiger partial charge in [-0.25, -0.2) is 15.0 Å². The van der Waals surface area contributed by atoms with Gasteiger partial charge in [-0.2, -0.15) is 0 Å². The van der Waals surface area contributed by atoms with Gasteiger partial charge in [0.05, 0.1) is 35.2 Å². The van der Waals surface area contributed by atoms with Crippen molar-refractivity contribution >= 4 is 45.0 Å². The molecule has 0 aliphatic carbocycles. The summed E-state index contributed by atoms with van der Waals surface area (Å²) in [4.78, 5) is 30.2. The first-order valence-electron chi connectivity index (χ1n) is 15.1. The first-order valence-corrected chi connectivity index (χ1v) is 15.1. The summed E-state index contributed by atoms with van der Waals surface area (Å²) in [6, 6.07) is 15.8. The third-order valence-corrected chi connectivity index (χ3v) is 7.67. The molecular formula is C34H38N8O3. The van der Waals surface area contributed by atoms with Crippen molar-refractivity contribution < 1.29 is 14.3 Å². The highest BCUT2D eigenvalue weighted by atomic mass is 16.5. The molecule has 0 unspecified atom stereocenters. The maximum atomic E-state index is 12.8. The van der Waals surface area contributed by atoms with Crippen molar-refractivity contribution in [2.75, 3.05) is 57.5 Å². The molecule has 11 nitrogen and oxygen atoms in total. The second-order valence-electron chi connectivity index (χ2n) is 11.4. The first-order chi connectivity index (χ1) is 21.8. The topological polar surface area (TPSA) is 110 Å². The highest BCUT2D eigenvalue weighted by Gasteiger charge is 2.16. The Bertz CT molecular complexity index is 1870. The smallest absolute Gasteiger partial charge is 0.246 e. The largest absolute Gasteiger partial charge is 0.491 e. The van der Waals surface area contributed by atoms with Crippen LogP contribution in [0.5, 0.6) is 17.2 Å². The Morgan fingerprint density at radius 3 is 2.82 bits per heavy atom. The molecule has 11 heteroatoms. The third-order valence-electron chi connectivity index (χ3n) is 7.67. The van der Waals surface area contributed by atoms with E-state index in [1.165, 1.54) is 0 Å². The minimum Gasteiger partial charge on any atom is -0.491 e. The Hall–Kier alpha value is -5.16. The van der Waals surface area contributed by atoms with Crippen LogP contribution in [0.4, 0.5) is 17.2 Å². The maximum Gasteiger partial charge on any atom is 0.246 e. The van der Waals surface area contributed by atoms with E-state index in [1.54, 1.807) is 18.7 Å². The van der Waals surface area contributed by atoms with Crippen LogP contribution in [0.2, 0.25) is 0 Å². The van der Waals surface area contributed by atoms with Gasteiger partial charge in [0.15, 0.2) is 0 Å². The molecule has 0 saturated heterocycles. The van der Waals surface area contributed by atoms with E-state index in [0.717, 1.165) is 69.1 Å². The summed E-state index contributed by atoms with van der Waals surface area (Å²) in [5.74, 6) is 2.92. The number of benzene rings is 3. The van der Waals surface area contributed by atoms with E-state index in [0.29, 0.717) is 32.1 Å². The van der Waals surface area contributed by atoms with Crippen LogP contribution >= 0.6 is 0 Å². The minimum absolute atomic E-state index is 0.0128. The summed E-state index contributed by atoms with van der Waals surface area (Å²) >= 11 is 0. The molecule has 0 bridgehead atoms. The summed E-state index contributed by atoms with van der Waals surface area (Å²) in [5.41, 5.74) is 5.40. The van der Waals surface area contributed by atoms with E-state index in [-0.39, 0.29) is 5.91 Å². The standard InChI is InChI=1S/C34H38N8O3/c1-23-17-24(8-11-31(23)45-25-9-10-30-28(18-25)38-22-41(30)4)39-34-26-19-29-32(20-27(26)36-21-37-34)44-16-6-14-42(15-12-35-29)33(43)7-5-13-40(2)3/h5,7-11,17-22,35H,6,12-16H2,1-4H3,(H,36,37,39)/b7-5+. The van der Waals surface area contributed by atoms with Crippen molar-refractivity contribution in [1.29, 1.82) is 0 Å². The quantitative estimate of drug-likeness (QED) is 0.232. The third kappa shape index (κ3) is 6.99. The van der Waals surface area contributed by atoms with Gasteiger partial charge in [0, 0.05) is 62.5 Å². The van der Waals surface area contributed by atoms with Gasteiger partial charge < -0.3 is 34.5 Å². The number of aromatic nitrogens is 4. The number of imidazole rings is 1. The molecule has 3 aromatic carbocycles. The zero-order valence-corrected chi connectivity index (χ0v) is 26.1. The van der Waals surface area contributed by atoms with Crippen molar-refractivity contribution in [2.24, 2.45) is 7.05 Å². The van der Waals surface area contributed by atoms with Crippen LogP contribution < -0.4 is 20.1 Å². The van der Waals surface area contributed by atoms with Crippen molar-refractivity contribution in [3.63, 3.8) is 0 Å². The molecule has 232 valence electrons. The van der Waals surface area contributed by atoms with E-state index < -0.39 is 0 Å². The Labute approximate surface area is 262 Å². The number of hydrogen-bond donors (Lipinski definition) is 2. The summed E-state index contributed by atoms with van der Waals surface area (Å²) < 4.78 is 14.3. The lowest BCUT2D eigenvalue weighted by molar-refractivity contribution is -0.126. The lowest BCUT2D eigenvalue weighted by Crippen LogP contribution is -2.36. The fraction of sp³-hybridized carbons (Fsp3) is 0.294. The molecule has 6 rings (SSSR count). The van der Waals surface area contributed by atoms with Gasteiger partial charge in [-0.1, -0.05) is 6.08 Å². The Morgan fingerprint density at radius 2 is 1.98 bits per heavy atom. The second kappa shape index (κ2) is 13.2. The van der Waals surface area contributed by atoms with Crippen LogP contribution in [0.25, 0.3) is 21.9 Å². The number of amides is 1. The molecular weight excluding hydrogens is 568 g/mol. The number of rotatable bonds is 7. The van der Waals surface area contributed by atoms with Crippen molar-refractivity contribution in [3.05, 3.63) is 78.9 Å². The Morgan fingerprint density at radius 1 is 1.09 bits per heavy atom.